The molecule has 2 aromatic rings. The number of aromatic nitrogens is 3. The Bertz CT molecular complexity index is 567. The average molecular weight is 243 g/mol. The first kappa shape index (κ1) is 11.4. The molecule has 0 saturated heterocycles. The predicted octanol–water partition coefficient (Wildman–Crippen LogP) is 2.75. The lowest BCUT2D eigenvalue weighted by atomic mass is 9.73. The molecule has 4 heteroatoms. The number of benzene rings is 1. The van der Waals surface area contributed by atoms with Crippen LogP contribution < -0.4 is 0 Å². The van der Waals surface area contributed by atoms with Crippen molar-refractivity contribution < 1.29 is 4.79 Å². The van der Waals surface area contributed by atoms with E-state index in [-0.39, 0.29) is 11.5 Å². The number of ketones is 1. The average Bonchev–Trinajstić information content (AvgIpc) is 2.75. The fraction of sp³-hybridized carbons (Fsp3) is 0.500. The second kappa shape index (κ2) is 3.90. The first-order valence-electron chi connectivity index (χ1n) is 6.39. The molecule has 1 aliphatic carbocycles. The highest BCUT2D eigenvalue weighted by molar-refractivity contribution is 5.80. The van der Waals surface area contributed by atoms with Crippen LogP contribution >= 0.6 is 0 Å². The quantitative estimate of drug-likeness (QED) is 0.773. The van der Waals surface area contributed by atoms with Gasteiger partial charge in [-0.05, 0) is 24.0 Å². The maximum atomic E-state index is 11.7. The Balaban J connectivity index is 2.04. The predicted molar refractivity (Wildman–Crippen MR) is 69.2 cm³/mol. The van der Waals surface area contributed by atoms with Crippen LogP contribution in [0, 0.1) is 5.41 Å². The number of rotatable bonds is 1. The molecule has 1 heterocycles. The molecule has 0 unspecified atom stereocenters. The molecule has 1 aromatic heterocycles. The zero-order valence-electron chi connectivity index (χ0n) is 10.8. The van der Waals surface area contributed by atoms with Gasteiger partial charge in [-0.1, -0.05) is 26.0 Å². The van der Waals surface area contributed by atoms with Gasteiger partial charge in [-0.3, -0.25) is 4.79 Å². The zero-order valence-corrected chi connectivity index (χ0v) is 10.8. The van der Waals surface area contributed by atoms with Crippen LogP contribution in [0.5, 0.6) is 0 Å². The number of carbonyl (C=O) groups excluding carboxylic acids is 1. The van der Waals surface area contributed by atoms with Crippen molar-refractivity contribution in [2.45, 2.75) is 39.2 Å². The van der Waals surface area contributed by atoms with Crippen LogP contribution in [0.1, 0.15) is 39.2 Å². The molecule has 0 N–H and O–H groups in total. The molecule has 0 radical (unpaired) electrons. The van der Waals surface area contributed by atoms with Crippen LogP contribution in [0.2, 0.25) is 0 Å². The molecule has 0 bridgehead atoms. The Labute approximate surface area is 106 Å². The van der Waals surface area contributed by atoms with Crippen molar-refractivity contribution in [2.75, 3.05) is 0 Å². The SMILES string of the molecule is CC1(C)CCC(=O)C[C@H]1n1nc2ccccc2n1. The summed E-state index contributed by atoms with van der Waals surface area (Å²) in [6.45, 7) is 4.39. The van der Waals surface area contributed by atoms with E-state index in [0.29, 0.717) is 18.6 Å². The maximum Gasteiger partial charge on any atom is 0.135 e. The topological polar surface area (TPSA) is 47.8 Å². The molecular weight excluding hydrogens is 226 g/mol. The highest BCUT2D eigenvalue weighted by atomic mass is 16.1. The van der Waals surface area contributed by atoms with Gasteiger partial charge < -0.3 is 0 Å². The van der Waals surface area contributed by atoms with Crippen molar-refractivity contribution in [1.29, 1.82) is 0 Å². The van der Waals surface area contributed by atoms with Crippen molar-refractivity contribution in [2.24, 2.45) is 5.41 Å². The summed E-state index contributed by atoms with van der Waals surface area (Å²) in [6.07, 6.45) is 2.15. The second-order valence-corrected chi connectivity index (χ2v) is 5.76. The van der Waals surface area contributed by atoms with Crippen LogP contribution in [-0.4, -0.2) is 20.8 Å². The number of hydrogen-bond donors (Lipinski definition) is 0. The van der Waals surface area contributed by atoms with Gasteiger partial charge in [-0.25, -0.2) is 0 Å². The molecule has 0 aliphatic heterocycles. The molecule has 1 saturated carbocycles. The first-order chi connectivity index (χ1) is 8.56. The van der Waals surface area contributed by atoms with E-state index in [9.17, 15) is 4.79 Å². The Kier molecular flexibility index (Phi) is 2.47. The van der Waals surface area contributed by atoms with Gasteiger partial charge in [0.15, 0.2) is 0 Å². The summed E-state index contributed by atoms with van der Waals surface area (Å²) in [5, 5.41) is 9.04. The van der Waals surface area contributed by atoms with E-state index in [1.807, 2.05) is 24.3 Å². The van der Waals surface area contributed by atoms with E-state index in [1.165, 1.54) is 0 Å². The smallest absolute Gasteiger partial charge is 0.135 e. The number of hydrogen-bond acceptors (Lipinski definition) is 3. The lowest BCUT2D eigenvalue weighted by Crippen LogP contribution is -2.35. The van der Waals surface area contributed by atoms with Crippen LogP contribution in [0.15, 0.2) is 24.3 Å². The largest absolute Gasteiger partial charge is 0.300 e. The molecule has 4 nitrogen and oxygen atoms in total. The molecule has 1 fully saturated rings. The van der Waals surface area contributed by atoms with Gasteiger partial charge in [0.05, 0.1) is 6.04 Å². The lowest BCUT2D eigenvalue weighted by molar-refractivity contribution is -0.124. The summed E-state index contributed by atoms with van der Waals surface area (Å²) < 4.78 is 0. The maximum absolute atomic E-state index is 11.7. The molecule has 1 aromatic carbocycles. The molecule has 94 valence electrons. The normalized spacial score (nSPS) is 23.4. The van der Waals surface area contributed by atoms with Gasteiger partial charge in [-0.15, -0.1) is 0 Å². The summed E-state index contributed by atoms with van der Waals surface area (Å²) in [7, 11) is 0. The van der Waals surface area contributed by atoms with Crippen molar-refractivity contribution in [3.63, 3.8) is 0 Å². The van der Waals surface area contributed by atoms with E-state index in [4.69, 9.17) is 0 Å². The van der Waals surface area contributed by atoms with E-state index >= 15 is 0 Å². The van der Waals surface area contributed by atoms with Gasteiger partial charge in [0, 0.05) is 12.8 Å². The monoisotopic (exact) mass is 243 g/mol. The molecule has 1 atom stereocenters. The molecule has 3 rings (SSSR count). The molecule has 0 amide bonds. The number of nitrogens with zero attached hydrogens (tertiary/aromatic N) is 3. The van der Waals surface area contributed by atoms with Crippen LogP contribution in [0.25, 0.3) is 11.0 Å². The minimum atomic E-state index is 0.0724. The number of Topliss-reactive ketones (excluding diaryl/α,β-unsaturated/α-hetero) is 1. The van der Waals surface area contributed by atoms with E-state index < -0.39 is 0 Å². The summed E-state index contributed by atoms with van der Waals surface area (Å²) in [5.74, 6) is 0.320. The molecule has 0 spiro atoms. The van der Waals surface area contributed by atoms with Crippen LogP contribution in [0.3, 0.4) is 0 Å². The van der Waals surface area contributed by atoms with Crippen molar-refractivity contribution >= 4 is 16.8 Å². The highest BCUT2D eigenvalue weighted by Crippen LogP contribution is 2.41. The minimum Gasteiger partial charge on any atom is -0.300 e. The van der Waals surface area contributed by atoms with Crippen molar-refractivity contribution in [1.82, 2.24) is 15.0 Å². The third-order valence-electron chi connectivity index (χ3n) is 3.95. The molecule has 18 heavy (non-hydrogen) atoms. The van der Waals surface area contributed by atoms with Crippen LogP contribution in [0.4, 0.5) is 0 Å². The van der Waals surface area contributed by atoms with Crippen molar-refractivity contribution in [3.8, 4) is 0 Å². The number of fused-ring (bicyclic) bond motifs is 1. The zero-order chi connectivity index (χ0) is 12.8. The van der Waals surface area contributed by atoms with Gasteiger partial charge in [0.25, 0.3) is 0 Å². The van der Waals surface area contributed by atoms with Gasteiger partial charge in [0.1, 0.15) is 16.8 Å². The fourth-order valence-electron chi connectivity index (χ4n) is 2.63. The Morgan fingerprint density at radius 2 is 1.83 bits per heavy atom. The summed E-state index contributed by atoms with van der Waals surface area (Å²) in [5.41, 5.74) is 1.86. The summed E-state index contributed by atoms with van der Waals surface area (Å²) in [4.78, 5) is 13.4. The summed E-state index contributed by atoms with van der Waals surface area (Å²) in [6, 6.07) is 7.90. The third kappa shape index (κ3) is 1.82. The molecular formula is C14H17N3O. The fourth-order valence-corrected chi connectivity index (χ4v) is 2.63. The van der Waals surface area contributed by atoms with E-state index in [2.05, 4.69) is 24.0 Å². The minimum absolute atomic E-state index is 0.0724. The Hall–Kier alpha value is -1.71. The van der Waals surface area contributed by atoms with E-state index in [0.717, 1.165) is 17.5 Å². The number of carbonyl (C=O) groups is 1. The highest BCUT2D eigenvalue weighted by Gasteiger charge is 2.38. The van der Waals surface area contributed by atoms with Gasteiger partial charge >= 0.3 is 0 Å². The van der Waals surface area contributed by atoms with Gasteiger partial charge in [-0.2, -0.15) is 15.0 Å². The van der Waals surface area contributed by atoms with E-state index in [1.54, 1.807) is 4.80 Å². The van der Waals surface area contributed by atoms with Gasteiger partial charge in [0.2, 0.25) is 0 Å². The Morgan fingerprint density at radius 3 is 2.44 bits per heavy atom. The molecule has 1 aliphatic rings. The Morgan fingerprint density at radius 1 is 1.22 bits per heavy atom. The lowest BCUT2D eigenvalue weighted by Gasteiger charge is -2.36. The van der Waals surface area contributed by atoms with Crippen LogP contribution in [-0.2, 0) is 4.79 Å². The summed E-state index contributed by atoms with van der Waals surface area (Å²) >= 11 is 0. The standard InChI is InChI=1S/C14H17N3O/c1-14(2)8-7-10(18)9-13(14)17-15-11-5-3-4-6-12(11)16-17/h3-6,13H,7-9H2,1-2H3/t13-/m1/s1. The third-order valence-corrected chi connectivity index (χ3v) is 3.95. The van der Waals surface area contributed by atoms with Crippen molar-refractivity contribution in [3.05, 3.63) is 24.3 Å². The first-order valence-corrected chi connectivity index (χ1v) is 6.39. The second-order valence-electron chi connectivity index (χ2n) is 5.76.